The maximum atomic E-state index is 12.1. The summed E-state index contributed by atoms with van der Waals surface area (Å²) in [6.45, 7) is 3.13. The van der Waals surface area contributed by atoms with E-state index < -0.39 is 10.0 Å². The summed E-state index contributed by atoms with van der Waals surface area (Å²) >= 11 is 0. The highest BCUT2D eigenvalue weighted by molar-refractivity contribution is 7.89. The molecule has 1 fully saturated rings. The van der Waals surface area contributed by atoms with Gasteiger partial charge in [-0.05, 0) is 25.0 Å². The van der Waals surface area contributed by atoms with Crippen molar-refractivity contribution < 1.29 is 13.2 Å². The predicted octanol–water partition coefficient (Wildman–Crippen LogP) is 0.461. The molecule has 1 aliphatic rings. The number of hydrogen-bond acceptors (Lipinski definition) is 6. The lowest BCUT2D eigenvalue weighted by Gasteiger charge is -2.17. The summed E-state index contributed by atoms with van der Waals surface area (Å²) in [6.07, 6.45) is 3.19. The van der Waals surface area contributed by atoms with E-state index in [0.717, 1.165) is 12.8 Å². The minimum Gasteiger partial charge on any atom is -0.378 e. The molecule has 1 aromatic heterocycles. The Kier molecular flexibility index (Phi) is 4.92. The number of nitrogens with two attached hydrogens (primary N) is 1. The SMILES string of the molecule is CCC1OCCC1CNS(=O)(=O)c1ccc(NN)nc1. The molecule has 0 saturated carbocycles. The fourth-order valence-electron chi connectivity index (χ4n) is 2.30. The number of nitrogen functional groups attached to an aromatic ring is 1. The Morgan fingerprint density at radius 1 is 1.50 bits per heavy atom. The summed E-state index contributed by atoms with van der Waals surface area (Å²) < 4.78 is 32.4. The summed E-state index contributed by atoms with van der Waals surface area (Å²) in [5.74, 6) is 5.83. The number of sulfonamides is 1. The smallest absolute Gasteiger partial charge is 0.242 e. The molecule has 0 bridgehead atoms. The molecule has 0 aliphatic carbocycles. The van der Waals surface area contributed by atoms with Gasteiger partial charge in [-0.3, -0.25) is 0 Å². The van der Waals surface area contributed by atoms with E-state index in [1.54, 1.807) is 0 Å². The quantitative estimate of drug-likeness (QED) is 0.520. The van der Waals surface area contributed by atoms with Crippen molar-refractivity contribution >= 4 is 15.8 Å². The molecule has 8 heteroatoms. The van der Waals surface area contributed by atoms with Crippen molar-refractivity contribution in [3.8, 4) is 0 Å². The van der Waals surface area contributed by atoms with Gasteiger partial charge < -0.3 is 10.2 Å². The summed E-state index contributed by atoms with van der Waals surface area (Å²) in [5.41, 5.74) is 2.35. The van der Waals surface area contributed by atoms with E-state index in [-0.39, 0.29) is 16.9 Å². The van der Waals surface area contributed by atoms with Crippen LogP contribution in [0.4, 0.5) is 5.82 Å². The van der Waals surface area contributed by atoms with Crippen molar-refractivity contribution in [3.63, 3.8) is 0 Å². The second-order valence-electron chi connectivity index (χ2n) is 4.74. The molecule has 0 amide bonds. The van der Waals surface area contributed by atoms with E-state index >= 15 is 0 Å². The number of aromatic nitrogens is 1. The van der Waals surface area contributed by atoms with Gasteiger partial charge in [-0.25, -0.2) is 24.0 Å². The third-order valence-electron chi connectivity index (χ3n) is 3.48. The van der Waals surface area contributed by atoms with Crippen LogP contribution < -0.4 is 16.0 Å². The molecule has 2 rings (SSSR count). The van der Waals surface area contributed by atoms with Gasteiger partial charge in [0.2, 0.25) is 10.0 Å². The Balaban J connectivity index is 1.99. The molecule has 2 unspecified atom stereocenters. The van der Waals surface area contributed by atoms with Crippen LogP contribution in [0.25, 0.3) is 0 Å². The zero-order chi connectivity index (χ0) is 14.6. The average molecular weight is 300 g/mol. The summed E-state index contributed by atoms with van der Waals surface area (Å²) in [5, 5.41) is 0. The largest absolute Gasteiger partial charge is 0.378 e. The number of nitrogens with zero attached hydrogens (tertiary/aromatic N) is 1. The molecule has 20 heavy (non-hydrogen) atoms. The molecule has 2 atom stereocenters. The zero-order valence-electron chi connectivity index (χ0n) is 11.4. The maximum Gasteiger partial charge on any atom is 0.242 e. The normalized spacial score (nSPS) is 22.9. The zero-order valence-corrected chi connectivity index (χ0v) is 12.2. The number of ether oxygens (including phenoxy) is 1. The van der Waals surface area contributed by atoms with Crippen LogP contribution >= 0.6 is 0 Å². The molecule has 112 valence electrons. The fourth-order valence-corrected chi connectivity index (χ4v) is 3.34. The van der Waals surface area contributed by atoms with E-state index in [9.17, 15) is 8.42 Å². The lowest BCUT2D eigenvalue weighted by atomic mass is 10.0. The molecule has 0 aromatic carbocycles. The minimum atomic E-state index is -3.54. The lowest BCUT2D eigenvalue weighted by Crippen LogP contribution is -2.32. The summed E-state index contributed by atoms with van der Waals surface area (Å²) in [4.78, 5) is 4.02. The molecule has 4 N–H and O–H groups in total. The highest BCUT2D eigenvalue weighted by Gasteiger charge is 2.28. The first-order valence-electron chi connectivity index (χ1n) is 6.60. The standard InChI is InChI=1S/C12H20N4O3S/c1-2-11-9(5-6-19-11)7-15-20(17,18)10-3-4-12(16-13)14-8-10/h3-4,8-9,11,15H,2,5-7,13H2,1H3,(H,14,16). The van der Waals surface area contributed by atoms with Gasteiger partial charge >= 0.3 is 0 Å². The third kappa shape index (κ3) is 3.45. The Morgan fingerprint density at radius 2 is 2.30 bits per heavy atom. The first kappa shape index (κ1) is 15.2. The van der Waals surface area contributed by atoms with Crippen LogP contribution in [0.5, 0.6) is 0 Å². The van der Waals surface area contributed by atoms with E-state index in [1.807, 2.05) is 6.92 Å². The number of rotatable bonds is 6. The lowest BCUT2D eigenvalue weighted by molar-refractivity contribution is 0.0884. The second-order valence-corrected chi connectivity index (χ2v) is 6.51. The molecular weight excluding hydrogens is 280 g/mol. The van der Waals surface area contributed by atoms with Crippen molar-refractivity contribution in [2.24, 2.45) is 11.8 Å². The van der Waals surface area contributed by atoms with Crippen molar-refractivity contribution in [1.82, 2.24) is 9.71 Å². The minimum absolute atomic E-state index is 0.128. The van der Waals surface area contributed by atoms with Crippen LogP contribution in [-0.2, 0) is 14.8 Å². The Bertz CT molecular complexity index is 532. The van der Waals surface area contributed by atoms with Gasteiger partial charge in [0.25, 0.3) is 0 Å². The first-order chi connectivity index (χ1) is 9.56. The highest BCUT2D eigenvalue weighted by atomic mass is 32.2. The van der Waals surface area contributed by atoms with Gasteiger partial charge in [0, 0.05) is 25.3 Å². The van der Waals surface area contributed by atoms with Crippen LogP contribution in [0, 0.1) is 5.92 Å². The molecule has 7 nitrogen and oxygen atoms in total. The van der Waals surface area contributed by atoms with Crippen LogP contribution in [0.3, 0.4) is 0 Å². The van der Waals surface area contributed by atoms with Crippen LogP contribution in [0.15, 0.2) is 23.2 Å². The number of hydrazine groups is 1. The van der Waals surface area contributed by atoms with Crippen LogP contribution in [-0.4, -0.2) is 32.7 Å². The molecule has 1 saturated heterocycles. The summed E-state index contributed by atoms with van der Waals surface area (Å²) in [6, 6.07) is 2.98. The van der Waals surface area contributed by atoms with Crippen molar-refractivity contribution in [1.29, 1.82) is 0 Å². The topological polar surface area (TPSA) is 106 Å². The van der Waals surface area contributed by atoms with E-state index in [2.05, 4.69) is 15.1 Å². The van der Waals surface area contributed by atoms with Gasteiger partial charge in [0.1, 0.15) is 10.7 Å². The van der Waals surface area contributed by atoms with Crippen molar-refractivity contribution in [2.45, 2.75) is 30.8 Å². The van der Waals surface area contributed by atoms with E-state index in [0.29, 0.717) is 19.0 Å². The molecule has 0 spiro atoms. The van der Waals surface area contributed by atoms with Crippen LogP contribution in [0.1, 0.15) is 19.8 Å². The number of nitrogens with one attached hydrogen (secondary N) is 2. The Morgan fingerprint density at radius 3 is 2.90 bits per heavy atom. The number of anilines is 1. The average Bonchev–Trinajstić information content (AvgIpc) is 2.93. The summed E-state index contributed by atoms with van der Waals surface area (Å²) in [7, 11) is -3.54. The van der Waals surface area contributed by atoms with Gasteiger partial charge in [-0.2, -0.15) is 0 Å². The Hall–Kier alpha value is -1.22. The molecule has 0 radical (unpaired) electrons. The number of pyridine rings is 1. The molecule has 2 heterocycles. The second kappa shape index (κ2) is 6.49. The van der Waals surface area contributed by atoms with Crippen molar-refractivity contribution in [3.05, 3.63) is 18.3 Å². The predicted molar refractivity (Wildman–Crippen MR) is 75.4 cm³/mol. The highest BCUT2D eigenvalue weighted by Crippen LogP contribution is 2.23. The fraction of sp³-hybridized carbons (Fsp3) is 0.583. The van der Waals surface area contributed by atoms with Crippen LogP contribution in [0.2, 0.25) is 0 Å². The van der Waals surface area contributed by atoms with Gasteiger partial charge in [-0.15, -0.1) is 0 Å². The van der Waals surface area contributed by atoms with E-state index in [1.165, 1.54) is 18.3 Å². The van der Waals surface area contributed by atoms with Gasteiger partial charge in [0.05, 0.1) is 6.10 Å². The van der Waals surface area contributed by atoms with Crippen molar-refractivity contribution in [2.75, 3.05) is 18.6 Å². The molecule has 1 aromatic rings. The van der Waals surface area contributed by atoms with E-state index in [4.69, 9.17) is 10.6 Å². The molecular formula is C12H20N4O3S. The third-order valence-corrected chi connectivity index (χ3v) is 4.89. The Labute approximate surface area is 118 Å². The van der Waals surface area contributed by atoms with Gasteiger partial charge in [0.15, 0.2) is 0 Å². The number of hydrogen-bond donors (Lipinski definition) is 3. The monoisotopic (exact) mass is 300 g/mol. The van der Waals surface area contributed by atoms with Gasteiger partial charge in [-0.1, -0.05) is 6.92 Å². The molecule has 1 aliphatic heterocycles. The first-order valence-corrected chi connectivity index (χ1v) is 8.09. The maximum absolute atomic E-state index is 12.1.